The molecule has 7 heteroatoms. The number of aromatic nitrogens is 2. The zero-order valence-electron chi connectivity index (χ0n) is 10.6. The predicted molar refractivity (Wildman–Crippen MR) is 72.3 cm³/mol. The van der Waals surface area contributed by atoms with Crippen LogP contribution in [0, 0.1) is 0 Å². The summed E-state index contributed by atoms with van der Waals surface area (Å²) in [5, 5.41) is 8.87. The van der Waals surface area contributed by atoms with Gasteiger partial charge in [0.05, 0.1) is 22.5 Å². The summed E-state index contributed by atoms with van der Waals surface area (Å²) >= 11 is 0. The summed E-state index contributed by atoms with van der Waals surface area (Å²) in [7, 11) is -3.47. The van der Waals surface area contributed by atoms with Crippen molar-refractivity contribution in [2.75, 3.05) is 5.75 Å². The number of hydrogen-bond acceptors (Lipinski definition) is 4. The number of carboxylic acids is 1. The molecular formula is C13H14N2O4S. The molecule has 0 fully saturated rings. The van der Waals surface area contributed by atoms with Crippen molar-refractivity contribution in [2.24, 2.45) is 0 Å². The van der Waals surface area contributed by atoms with Crippen LogP contribution in [0.15, 0.2) is 47.9 Å². The van der Waals surface area contributed by atoms with Crippen molar-refractivity contribution in [1.82, 2.24) is 9.55 Å². The monoisotopic (exact) mass is 294 g/mol. The lowest BCUT2D eigenvalue weighted by Crippen LogP contribution is -2.10. The van der Waals surface area contributed by atoms with Crippen LogP contribution < -0.4 is 0 Å². The van der Waals surface area contributed by atoms with Gasteiger partial charge in [-0.3, -0.25) is 0 Å². The Bertz CT molecular complexity index is 693. The molecule has 1 aromatic heterocycles. The average molecular weight is 294 g/mol. The molecule has 6 nitrogen and oxygen atoms in total. The van der Waals surface area contributed by atoms with Crippen molar-refractivity contribution in [3.05, 3.63) is 48.5 Å². The van der Waals surface area contributed by atoms with Crippen molar-refractivity contribution >= 4 is 15.8 Å². The van der Waals surface area contributed by atoms with Gasteiger partial charge in [-0.25, -0.2) is 18.2 Å². The van der Waals surface area contributed by atoms with Crippen LogP contribution in [0.2, 0.25) is 0 Å². The van der Waals surface area contributed by atoms with E-state index in [1.807, 2.05) is 0 Å². The smallest absolute Gasteiger partial charge is 0.335 e. The van der Waals surface area contributed by atoms with Gasteiger partial charge >= 0.3 is 5.97 Å². The Hall–Kier alpha value is -2.15. The first-order valence-electron chi connectivity index (χ1n) is 6.01. The van der Waals surface area contributed by atoms with E-state index in [1.165, 1.54) is 24.3 Å². The molecule has 0 aliphatic heterocycles. The van der Waals surface area contributed by atoms with Crippen LogP contribution >= 0.6 is 0 Å². The molecule has 106 valence electrons. The third-order valence-corrected chi connectivity index (χ3v) is 4.63. The first kappa shape index (κ1) is 14.3. The number of aryl methyl sites for hydroxylation is 1. The minimum absolute atomic E-state index is 0.0271. The van der Waals surface area contributed by atoms with Gasteiger partial charge in [0.25, 0.3) is 0 Å². The minimum atomic E-state index is -3.47. The highest BCUT2D eigenvalue weighted by Gasteiger charge is 2.16. The Kier molecular flexibility index (Phi) is 4.19. The molecule has 0 amide bonds. The molecule has 2 aromatic rings. The fourth-order valence-corrected chi connectivity index (χ4v) is 3.13. The quantitative estimate of drug-likeness (QED) is 0.871. The van der Waals surface area contributed by atoms with Crippen molar-refractivity contribution < 1.29 is 18.3 Å². The maximum Gasteiger partial charge on any atom is 0.335 e. The van der Waals surface area contributed by atoms with Crippen LogP contribution in [-0.2, 0) is 16.4 Å². The largest absolute Gasteiger partial charge is 0.478 e. The van der Waals surface area contributed by atoms with Gasteiger partial charge in [-0.2, -0.15) is 0 Å². The molecule has 0 unspecified atom stereocenters. The molecule has 1 aromatic carbocycles. The van der Waals surface area contributed by atoms with E-state index in [1.54, 1.807) is 23.3 Å². The maximum atomic E-state index is 12.1. The fourth-order valence-electron chi connectivity index (χ4n) is 1.80. The van der Waals surface area contributed by atoms with Crippen molar-refractivity contribution in [3.63, 3.8) is 0 Å². The molecule has 1 N–H and O–H groups in total. The lowest BCUT2D eigenvalue weighted by molar-refractivity contribution is 0.0696. The lowest BCUT2D eigenvalue weighted by Gasteiger charge is -2.06. The number of rotatable bonds is 6. The summed E-state index contributed by atoms with van der Waals surface area (Å²) in [6.45, 7) is 0.553. The topological polar surface area (TPSA) is 89.3 Å². The zero-order chi connectivity index (χ0) is 14.6. The first-order valence-corrected chi connectivity index (χ1v) is 7.66. The van der Waals surface area contributed by atoms with Gasteiger partial charge in [-0.1, -0.05) is 6.07 Å². The average Bonchev–Trinajstić information content (AvgIpc) is 2.92. The molecule has 0 aliphatic rings. The first-order chi connectivity index (χ1) is 9.49. The third kappa shape index (κ3) is 3.45. The van der Waals surface area contributed by atoms with Crippen LogP contribution in [-0.4, -0.2) is 34.8 Å². The third-order valence-electron chi connectivity index (χ3n) is 2.83. The Labute approximate surface area is 116 Å². The van der Waals surface area contributed by atoms with Gasteiger partial charge in [0.15, 0.2) is 9.84 Å². The van der Waals surface area contributed by atoms with E-state index in [9.17, 15) is 13.2 Å². The second-order valence-electron chi connectivity index (χ2n) is 4.31. The Balaban J connectivity index is 2.06. The minimum Gasteiger partial charge on any atom is -0.478 e. The normalized spacial score (nSPS) is 11.4. The van der Waals surface area contributed by atoms with E-state index < -0.39 is 15.8 Å². The highest BCUT2D eigenvalue weighted by Crippen LogP contribution is 2.14. The number of benzene rings is 1. The molecule has 2 rings (SSSR count). The number of carbonyl (C=O) groups is 1. The molecule has 0 bridgehead atoms. The number of carboxylic acid groups (broad SMARTS) is 1. The standard InChI is InChI=1S/C13H14N2O4S/c16-13(17)11-3-1-4-12(9-11)20(18,19)8-2-6-15-7-5-14-10-15/h1,3-5,7,9-10H,2,6,8H2,(H,16,17). The van der Waals surface area contributed by atoms with Crippen LogP contribution in [0.1, 0.15) is 16.8 Å². The Morgan fingerprint density at radius 3 is 2.80 bits per heavy atom. The van der Waals surface area contributed by atoms with Crippen LogP contribution in [0.5, 0.6) is 0 Å². The van der Waals surface area contributed by atoms with E-state index in [2.05, 4.69) is 4.98 Å². The fraction of sp³-hybridized carbons (Fsp3) is 0.231. The summed E-state index contributed by atoms with van der Waals surface area (Å²) in [5.41, 5.74) is -0.0271. The number of nitrogens with zero attached hydrogens (tertiary/aromatic N) is 2. The molecule has 0 spiro atoms. The summed E-state index contributed by atoms with van der Waals surface area (Å²) in [4.78, 5) is 14.8. The highest BCUT2D eigenvalue weighted by molar-refractivity contribution is 7.91. The number of aromatic carboxylic acids is 1. The van der Waals surface area contributed by atoms with Gasteiger partial charge in [0.1, 0.15) is 0 Å². The van der Waals surface area contributed by atoms with Crippen LogP contribution in [0.4, 0.5) is 0 Å². The molecule has 0 saturated carbocycles. The summed E-state index contributed by atoms with van der Waals surface area (Å²) in [6, 6.07) is 5.41. The van der Waals surface area contributed by atoms with Crippen LogP contribution in [0.3, 0.4) is 0 Å². The van der Waals surface area contributed by atoms with E-state index in [0.717, 1.165) is 0 Å². The molecule has 0 atom stereocenters. The molecule has 20 heavy (non-hydrogen) atoms. The number of sulfone groups is 1. The predicted octanol–water partition coefficient (Wildman–Crippen LogP) is 1.45. The van der Waals surface area contributed by atoms with E-state index >= 15 is 0 Å². The SMILES string of the molecule is O=C(O)c1cccc(S(=O)(=O)CCCn2ccnc2)c1. The Morgan fingerprint density at radius 2 is 2.15 bits per heavy atom. The second-order valence-corrected chi connectivity index (χ2v) is 6.42. The molecule has 0 aliphatic carbocycles. The highest BCUT2D eigenvalue weighted by atomic mass is 32.2. The summed E-state index contributed by atoms with van der Waals surface area (Å²) in [5.74, 6) is -1.17. The van der Waals surface area contributed by atoms with Gasteiger partial charge in [0.2, 0.25) is 0 Å². The van der Waals surface area contributed by atoms with Gasteiger partial charge < -0.3 is 9.67 Å². The van der Waals surface area contributed by atoms with Crippen LogP contribution in [0.25, 0.3) is 0 Å². The van der Waals surface area contributed by atoms with Crippen molar-refractivity contribution in [3.8, 4) is 0 Å². The molecule has 1 heterocycles. The molecular weight excluding hydrogens is 280 g/mol. The maximum absolute atomic E-state index is 12.1. The van der Waals surface area contributed by atoms with Gasteiger partial charge in [-0.05, 0) is 24.6 Å². The Morgan fingerprint density at radius 1 is 1.35 bits per heavy atom. The number of hydrogen-bond donors (Lipinski definition) is 1. The van der Waals surface area contributed by atoms with Gasteiger partial charge in [0, 0.05) is 18.9 Å². The van der Waals surface area contributed by atoms with Crippen molar-refractivity contribution in [2.45, 2.75) is 17.9 Å². The molecule has 0 saturated heterocycles. The zero-order valence-corrected chi connectivity index (χ0v) is 11.5. The van der Waals surface area contributed by atoms with E-state index in [4.69, 9.17) is 5.11 Å². The molecule has 0 radical (unpaired) electrons. The van der Waals surface area contributed by atoms with Gasteiger partial charge in [-0.15, -0.1) is 0 Å². The summed E-state index contributed by atoms with van der Waals surface area (Å²) in [6.07, 6.45) is 5.45. The van der Waals surface area contributed by atoms with Crippen molar-refractivity contribution in [1.29, 1.82) is 0 Å². The summed E-state index contributed by atoms with van der Waals surface area (Å²) < 4.78 is 26.0. The van der Waals surface area contributed by atoms with E-state index in [0.29, 0.717) is 13.0 Å². The number of imidazole rings is 1. The second kappa shape index (κ2) is 5.87. The van der Waals surface area contributed by atoms with E-state index in [-0.39, 0.29) is 16.2 Å². The lowest BCUT2D eigenvalue weighted by atomic mass is 10.2.